The van der Waals surface area contributed by atoms with Crippen LogP contribution >= 0.6 is 11.6 Å². The molecule has 0 spiro atoms. The Morgan fingerprint density at radius 2 is 1.94 bits per heavy atom. The number of likely N-dealkylation sites (tertiary alicyclic amines) is 1. The van der Waals surface area contributed by atoms with E-state index in [1.165, 1.54) is 19.2 Å². The summed E-state index contributed by atoms with van der Waals surface area (Å²) in [6.07, 6.45) is 4.04. The van der Waals surface area contributed by atoms with E-state index in [4.69, 9.17) is 16.3 Å². The Labute approximate surface area is 194 Å². The third-order valence-corrected chi connectivity index (χ3v) is 5.98. The number of nitrogens with one attached hydrogen (secondary N) is 1. The molecule has 0 amide bonds. The molecule has 1 fully saturated rings. The summed E-state index contributed by atoms with van der Waals surface area (Å²) in [5.41, 5.74) is 0.767. The molecule has 0 aliphatic carbocycles. The first kappa shape index (κ1) is 23.3. The molecular formula is C23H22ClF3N4O2. The number of aromatic nitrogens is 1. The Kier molecular flexibility index (Phi) is 6.99. The Morgan fingerprint density at radius 3 is 2.61 bits per heavy atom. The summed E-state index contributed by atoms with van der Waals surface area (Å²) < 4.78 is 46.8. The topological polar surface area (TPSA) is 66.8 Å². The van der Waals surface area contributed by atoms with Gasteiger partial charge in [0.25, 0.3) is 0 Å². The van der Waals surface area contributed by atoms with Crippen LogP contribution in [-0.4, -0.2) is 48.4 Å². The maximum atomic E-state index is 14.6. The molecule has 1 saturated heterocycles. The van der Waals surface area contributed by atoms with Gasteiger partial charge in [0.2, 0.25) is 0 Å². The van der Waals surface area contributed by atoms with Gasteiger partial charge in [0, 0.05) is 28.9 Å². The fraction of sp³-hybridized carbons (Fsp3) is 0.348. The number of hydrogen-bond donors (Lipinski definition) is 1. The summed E-state index contributed by atoms with van der Waals surface area (Å²) in [5.74, 6) is -2.92. The summed E-state index contributed by atoms with van der Waals surface area (Å²) in [4.78, 5) is 23.4. The van der Waals surface area contributed by atoms with Gasteiger partial charge < -0.3 is 10.1 Å². The van der Waals surface area contributed by atoms with Crippen molar-refractivity contribution in [2.24, 2.45) is 4.99 Å². The number of pyridine rings is 1. The first-order chi connectivity index (χ1) is 15.9. The zero-order valence-electron chi connectivity index (χ0n) is 17.9. The lowest BCUT2D eigenvalue weighted by Gasteiger charge is -2.32. The number of nitrogens with zero attached hydrogens (tertiary/aromatic N) is 3. The largest absolute Gasteiger partial charge is 0.466 e. The maximum Gasteiger partial charge on any atom is 0.338 e. The molecule has 0 bridgehead atoms. The molecule has 10 heteroatoms. The number of halogens is 4. The molecule has 1 atom stereocenters. The van der Waals surface area contributed by atoms with Crippen molar-refractivity contribution in [3.8, 4) is 0 Å². The third kappa shape index (κ3) is 5.04. The summed E-state index contributed by atoms with van der Waals surface area (Å²) in [7, 11) is 1.25. The molecule has 2 aliphatic heterocycles. The van der Waals surface area contributed by atoms with Gasteiger partial charge in [0.15, 0.2) is 11.7 Å². The van der Waals surface area contributed by atoms with Gasteiger partial charge in [0.05, 0.1) is 18.9 Å². The highest BCUT2D eigenvalue weighted by Gasteiger charge is 2.35. The van der Waals surface area contributed by atoms with Crippen LogP contribution in [0, 0.1) is 17.5 Å². The number of benzene rings is 1. The lowest BCUT2D eigenvalue weighted by atomic mass is 9.94. The quantitative estimate of drug-likeness (QED) is 0.654. The zero-order valence-corrected chi connectivity index (χ0v) is 18.6. The molecule has 1 aromatic carbocycles. The van der Waals surface area contributed by atoms with Crippen LogP contribution in [0.1, 0.15) is 36.6 Å². The number of methoxy groups -OCH3 is 1. The van der Waals surface area contributed by atoms with Gasteiger partial charge in [-0.2, -0.15) is 0 Å². The number of ether oxygens (including phenoxy) is 1. The molecule has 0 radical (unpaired) electrons. The SMILES string of the molecule is COC(=O)C1=C(CN2CCCCC2)NC(c2ncc(F)cc2F)=N[C@H]1c1ccc(F)cc1Cl. The molecule has 2 aromatic rings. The first-order valence-electron chi connectivity index (χ1n) is 10.5. The molecule has 4 rings (SSSR count). The van der Waals surface area contributed by atoms with Crippen LogP contribution in [0.3, 0.4) is 0 Å². The van der Waals surface area contributed by atoms with Crippen LogP contribution in [0.2, 0.25) is 5.02 Å². The van der Waals surface area contributed by atoms with E-state index in [0.717, 1.165) is 44.6 Å². The number of amidine groups is 1. The Balaban J connectivity index is 1.85. The molecule has 1 N–H and O–H groups in total. The highest BCUT2D eigenvalue weighted by molar-refractivity contribution is 6.31. The van der Waals surface area contributed by atoms with Crippen LogP contribution in [-0.2, 0) is 9.53 Å². The Bertz CT molecular complexity index is 1130. The van der Waals surface area contributed by atoms with Crippen molar-refractivity contribution in [1.29, 1.82) is 0 Å². The zero-order chi connectivity index (χ0) is 23.5. The highest BCUT2D eigenvalue weighted by Crippen LogP contribution is 2.36. The number of esters is 1. The van der Waals surface area contributed by atoms with Gasteiger partial charge in [-0.25, -0.2) is 22.9 Å². The van der Waals surface area contributed by atoms with E-state index in [2.05, 4.69) is 20.2 Å². The van der Waals surface area contributed by atoms with E-state index >= 15 is 0 Å². The van der Waals surface area contributed by atoms with Gasteiger partial charge in [-0.1, -0.05) is 24.1 Å². The van der Waals surface area contributed by atoms with Crippen molar-refractivity contribution in [2.45, 2.75) is 25.3 Å². The maximum absolute atomic E-state index is 14.6. The lowest BCUT2D eigenvalue weighted by molar-refractivity contribution is -0.136. The van der Waals surface area contributed by atoms with Crippen molar-refractivity contribution in [3.05, 3.63) is 75.5 Å². The van der Waals surface area contributed by atoms with Gasteiger partial charge in [0.1, 0.15) is 23.4 Å². The fourth-order valence-corrected chi connectivity index (χ4v) is 4.34. The second-order valence-electron chi connectivity index (χ2n) is 7.88. The molecule has 2 aliphatic rings. The first-order valence-corrected chi connectivity index (χ1v) is 10.9. The normalized spacial score (nSPS) is 19.2. The van der Waals surface area contributed by atoms with E-state index in [9.17, 15) is 18.0 Å². The fourth-order valence-electron chi connectivity index (χ4n) is 4.07. The molecule has 6 nitrogen and oxygen atoms in total. The summed E-state index contributed by atoms with van der Waals surface area (Å²) in [6, 6.07) is 3.44. The predicted octanol–water partition coefficient (Wildman–Crippen LogP) is 4.16. The van der Waals surface area contributed by atoms with Gasteiger partial charge in [-0.3, -0.25) is 9.89 Å². The van der Waals surface area contributed by atoms with Gasteiger partial charge in [-0.05, 0) is 38.1 Å². The average molecular weight is 479 g/mol. The van der Waals surface area contributed by atoms with Crippen LogP contribution in [0.5, 0.6) is 0 Å². The van der Waals surface area contributed by atoms with E-state index < -0.39 is 29.5 Å². The van der Waals surface area contributed by atoms with Crippen molar-refractivity contribution in [2.75, 3.05) is 26.7 Å². The minimum Gasteiger partial charge on any atom is -0.466 e. The number of carbonyl (C=O) groups excluding carboxylic acids is 1. The minimum absolute atomic E-state index is 0.0116. The molecule has 0 saturated carbocycles. The highest BCUT2D eigenvalue weighted by atomic mass is 35.5. The van der Waals surface area contributed by atoms with Gasteiger partial charge >= 0.3 is 5.97 Å². The van der Waals surface area contributed by atoms with Crippen LogP contribution in [0.25, 0.3) is 0 Å². The second-order valence-corrected chi connectivity index (χ2v) is 8.28. The number of piperidine rings is 1. The summed E-state index contributed by atoms with van der Waals surface area (Å²) in [5, 5.41) is 3.07. The number of rotatable bonds is 5. The van der Waals surface area contributed by atoms with Crippen molar-refractivity contribution < 1.29 is 22.7 Å². The van der Waals surface area contributed by atoms with Crippen molar-refractivity contribution in [1.82, 2.24) is 15.2 Å². The lowest BCUT2D eigenvalue weighted by Crippen LogP contribution is -2.41. The number of hydrogen-bond acceptors (Lipinski definition) is 6. The Hall–Kier alpha value is -2.91. The third-order valence-electron chi connectivity index (χ3n) is 5.65. The minimum atomic E-state index is -1.01. The average Bonchev–Trinajstić information content (AvgIpc) is 2.79. The molecule has 1 aromatic heterocycles. The number of aliphatic imine (C=N–C) groups is 1. The van der Waals surface area contributed by atoms with E-state index in [0.29, 0.717) is 23.9 Å². The molecule has 174 valence electrons. The van der Waals surface area contributed by atoms with Crippen molar-refractivity contribution in [3.63, 3.8) is 0 Å². The number of carbonyl (C=O) groups is 1. The van der Waals surface area contributed by atoms with Crippen LogP contribution in [0.4, 0.5) is 13.2 Å². The van der Waals surface area contributed by atoms with Crippen molar-refractivity contribution >= 4 is 23.4 Å². The Morgan fingerprint density at radius 1 is 1.18 bits per heavy atom. The smallest absolute Gasteiger partial charge is 0.338 e. The second kappa shape index (κ2) is 9.93. The van der Waals surface area contributed by atoms with E-state index in [1.807, 2.05) is 0 Å². The molecule has 0 unspecified atom stereocenters. The summed E-state index contributed by atoms with van der Waals surface area (Å²) in [6.45, 7) is 2.01. The summed E-state index contributed by atoms with van der Waals surface area (Å²) >= 11 is 6.31. The van der Waals surface area contributed by atoms with E-state index in [-0.39, 0.29) is 22.1 Å². The molecular weight excluding hydrogens is 457 g/mol. The molecule has 3 heterocycles. The van der Waals surface area contributed by atoms with E-state index in [1.54, 1.807) is 0 Å². The predicted molar refractivity (Wildman–Crippen MR) is 117 cm³/mol. The molecule has 33 heavy (non-hydrogen) atoms. The standard InChI is InChI=1S/C23H22ClF3N4O2/c1-33-23(32)19-18(12-31-7-3-2-4-8-31)29-22(21-17(27)10-14(26)11-28-21)30-20(19)15-6-5-13(25)9-16(15)24/h5-6,9-11,20H,2-4,7-8,12H2,1H3,(H,29,30)/t20-/m0/s1. The van der Waals surface area contributed by atoms with Crippen LogP contribution in [0.15, 0.2) is 46.7 Å². The monoisotopic (exact) mass is 478 g/mol. The van der Waals surface area contributed by atoms with Gasteiger partial charge in [-0.15, -0.1) is 0 Å². The van der Waals surface area contributed by atoms with Crippen LogP contribution < -0.4 is 5.32 Å².